The van der Waals surface area contributed by atoms with E-state index in [1.165, 1.54) is 5.69 Å². The molecule has 1 aliphatic heterocycles. The van der Waals surface area contributed by atoms with Gasteiger partial charge in [-0.25, -0.2) is 0 Å². The molecule has 0 unspecified atom stereocenters. The molecule has 1 heterocycles. The zero-order valence-electron chi connectivity index (χ0n) is 11.2. The summed E-state index contributed by atoms with van der Waals surface area (Å²) in [7, 11) is 0. The van der Waals surface area contributed by atoms with Crippen molar-refractivity contribution in [3.63, 3.8) is 0 Å². The molecule has 2 rings (SSSR count). The number of anilines is 1. The number of piperazine rings is 1. The Kier molecular flexibility index (Phi) is 4.36. The zero-order chi connectivity index (χ0) is 13.1. The smallest absolute Gasteiger partial charge is 0.138 e. The van der Waals surface area contributed by atoms with E-state index >= 15 is 0 Å². The maximum absolute atomic E-state index is 6.26. The molecule has 3 nitrogen and oxygen atoms in total. The third-order valence-corrected chi connectivity index (χ3v) is 3.31. The van der Waals surface area contributed by atoms with Crippen molar-refractivity contribution in [1.29, 1.82) is 0 Å². The fourth-order valence-corrected chi connectivity index (χ4v) is 2.42. The monoisotopic (exact) mass is 268 g/mol. The van der Waals surface area contributed by atoms with Crippen molar-refractivity contribution in [2.75, 3.05) is 24.5 Å². The standard InChI is InChI=1S/C14H21ClN2O/c1-10(2)18-14-5-4-12(8-13(14)15)17-7-6-16-11(3)9-17/h4-5,8,10-11,16H,6-7,9H2,1-3H3/t11-/m1/s1. The summed E-state index contributed by atoms with van der Waals surface area (Å²) in [5.74, 6) is 0.763. The Bertz CT molecular complexity index is 409. The molecule has 1 aromatic carbocycles. The topological polar surface area (TPSA) is 24.5 Å². The van der Waals surface area contributed by atoms with Crippen molar-refractivity contribution in [2.45, 2.75) is 32.9 Å². The van der Waals surface area contributed by atoms with Crippen LogP contribution in [0.25, 0.3) is 0 Å². The molecule has 100 valence electrons. The zero-order valence-corrected chi connectivity index (χ0v) is 12.0. The molecule has 1 N–H and O–H groups in total. The van der Waals surface area contributed by atoms with E-state index in [0.29, 0.717) is 11.1 Å². The third kappa shape index (κ3) is 3.30. The molecule has 1 aromatic rings. The fourth-order valence-electron chi connectivity index (χ4n) is 2.20. The maximum atomic E-state index is 6.26. The van der Waals surface area contributed by atoms with Crippen LogP contribution in [0.1, 0.15) is 20.8 Å². The number of hydrogen-bond acceptors (Lipinski definition) is 3. The van der Waals surface area contributed by atoms with Crippen LogP contribution in [0.15, 0.2) is 18.2 Å². The molecule has 0 saturated carbocycles. The molecule has 0 bridgehead atoms. The summed E-state index contributed by atoms with van der Waals surface area (Å²) in [5, 5.41) is 4.12. The van der Waals surface area contributed by atoms with Gasteiger partial charge in [-0.2, -0.15) is 0 Å². The van der Waals surface area contributed by atoms with Crippen LogP contribution in [0.5, 0.6) is 5.75 Å². The van der Waals surface area contributed by atoms with Crippen LogP contribution in [-0.4, -0.2) is 31.8 Å². The molecule has 0 amide bonds. The average molecular weight is 269 g/mol. The van der Waals surface area contributed by atoms with Gasteiger partial charge < -0.3 is 15.0 Å². The molecular formula is C14H21ClN2O. The molecule has 1 atom stereocenters. The Morgan fingerprint density at radius 3 is 2.83 bits per heavy atom. The van der Waals surface area contributed by atoms with Crippen LogP contribution < -0.4 is 15.0 Å². The third-order valence-electron chi connectivity index (χ3n) is 3.01. The van der Waals surface area contributed by atoms with E-state index in [-0.39, 0.29) is 6.10 Å². The number of halogens is 1. The minimum atomic E-state index is 0.146. The van der Waals surface area contributed by atoms with E-state index in [1.807, 2.05) is 26.0 Å². The number of rotatable bonds is 3. The molecule has 18 heavy (non-hydrogen) atoms. The summed E-state index contributed by atoms with van der Waals surface area (Å²) in [6.45, 7) is 9.25. The van der Waals surface area contributed by atoms with Crippen LogP contribution in [-0.2, 0) is 0 Å². The van der Waals surface area contributed by atoms with E-state index in [9.17, 15) is 0 Å². The summed E-state index contributed by atoms with van der Waals surface area (Å²) >= 11 is 6.26. The van der Waals surface area contributed by atoms with Gasteiger partial charge in [-0.05, 0) is 39.0 Å². The van der Waals surface area contributed by atoms with Gasteiger partial charge >= 0.3 is 0 Å². The van der Waals surface area contributed by atoms with Gasteiger partial charge in [0.25, 0.3) is 0 Å². The van der Waals surface area contributed by atoms with Crippen LogP contribution in [0.4, 0.5) is 5.69 Å². The van der Waals surface area contributed by atoms with Gasteiger partial charge in [-0.3, -0.25) is 0 Å². The van der Waals surface area contributed by atoms with Gasteiger partial charge in [0.1, 0.15) is 5.75 Å². The second kappa shape index (κ2) is 5.81. The first-order chi connectivity index (χ1) is 8.56. The van der Waals surface area contributed by atoms with E-state index in [2.05, 4.69) is 23.2 Å². The lowest BCUT2D eigenvalue weighted by Gasteiger charge is -2.33. The largest absolute Gasteiger partial charge is 0.489 e. The Hall–Kier alpha value is -0.930. The Balaban J connectivity index is 2.12. The number of nitrogens with zero attached hydrogens (tertiary/aromatic N) is 1. The highest BCUT2D eigenvalue weighted by molar-refractivity contribution is 6.32. The van der Waals surface area contributed by atoms with Crippen molar-refractivity contribution < 1.29 is 4.74 Å². The second-order valence-corrected chi connectivity index (χ2v) is 5.49. The summed E-state index contributed by atoms with van der Waals surface area (Å²) < 4.78 is 5.65. The van der Waals surface area contributed by atoms with Crippen LogP contribution in [0.3, 0.4) is 0 Å². The molecule has 0 aliphatic carbocycles. The van der Waals surface area contributed by atoms with Crippen LogP contribution >= 0.6 is 11.6 Å². The molecule has 1 saturated heterocycles. The van der Waals surface area contributed by atoms with E-state index in [1.54, 1.807) is 0 Å². The lowest BCUT2D eigenvalue weighted by atomic mass is 10.2. The predicted octanol–water partition coefficient (Wildman–Crippen LogP) is 2.93. The molecule has 4 heteroatoms. The van der Waals surface area contributed by atoms with Crippen molar-refractivity contribution in [3.8, 4) is 5.75 Å². The summed E-state index contributed by atoms with van der Waals surface area (Å²) in [6.07, 6.45) is 0.146. The molecule has 0 radical (unpaired) electrons. The van der Waals surface area contributed by atoms with E-state index in [0.717, 1.165) is 25.4 Å². The summed E-state index contributed by atoms with van der Waals surface area (Å²) in [5.41, 5.74) is 1.17. The maximum Gasteiger partial charge on any atom is 0.138 e. The summed E-state index contributed by atoms with van der Waals surface area (Å²) in [4.78, 5) is 2.35. The first kappa shape index (κ1) is 13.5. The fraction of sp³-hybridized carbons (Fsp3) is 0.571. The van der Waals surface area contributed by atoms with Gasteiger partial charge in [0.15, 0.2) is 0 Å². The quantitative estimate of drug-likeness (QED) is 0.912. The predicted molar refractivity (Wildman–Crippen MR) is 76.9 cm³/mol. The lowest BCUT2D eigenvalue weighted by molar-refractivity contribution is 0.242. The minimum Gasteiger partial charge on any atom is -0.489 e. The molecule has 1 fully saturated rings. The highest BCUT2D eigenvalue weighted by Gasteiger charge is 2.17. The lowest BCUT2D eigenvalue weighted by Crippen LogP contribution is -2.49. The number of nitrogens with one attached hydrogen (secondary N) is 1. The Morgan fingerprint density at radius 2 is 2.22 bits per heavy atom. The van der Waals surface area contributed by atoms with Gasteiger partial charge in [-0.15, -0.1) is 0 Å². The second-order valence-electron chi connectivity index (χ2n) is 5.08. The van der Waals surface area contributed by atoms with Crippen molar-refractivity contribution in [1.82, 2.24) is 5.32 Å². The first-order valence-corrected chi connectivity index (χ1v) is 6.88. The van der Waals surface area contributed by atoms with Gasteiger partial charge in [-0.1, -0.05) is 11.6 Å². The van der Waals surface area contributed by atoms with E-state index < -0.39 is 0 Å². The van der Waals surface area contributed by atoms with Gasteiger partial charge in [0.2, 0.25) is 0 Å². The number of ether oxygens (including phenoxy) is 1. The van der Waals surface area contributed by atoms with Crippen molar-refractivity contribution in [2.24, 2.45) is 0 Å². The number of hydrogen-bond donors (Lipinski definition) is 1. The van der Waals surface area contributed by atoms with Gasteiger partial charge in [0, 0.05) is 31.4 Å². The SMILES string of the molecule is CC(C)Oc1ccc(N2CCN[C@H](C)C2)cc1Cl. The van der Waals surface area contributed by atoms with Crippen molar-refractivity contribution in [3.05, 3.63) is 23.2 Å². The minimum absolute atomic E-state index is 0.146. The number of benzene rings is 1. The Morgan fingerprint density at radius 1 is 1.44 bits per heavy atom. The highest BCUT2D eigenvalue weighted by atomic mass is 35.5. The molecule has 0 spiro atoms. The van der Waals surface area contributed by atoms with E-state index in [4.69, 9.17) is 16.3 Å². The normalized spacial score (nSPS) is 20.3. The van der Waals surface area contributed by atoms with Gasteiger partial charge in [0.05, 0.1) is 11.1 Å². The molecule has 0 aromatic heterocycles. The molecule has 1 aliphatic rings. The van der Waals surface area contributed by atoms with Crippen LogP contribution in [0, 0.1) is 0 Å². The highest BCUT2D eigenvalue weighted by Crippen LogP contribution is 2.30. The Labute approximate surface area is 114 Å². The van der Waals surface area contributed by atoms with Crippen LogP contribution in [0.2, 0.25) is 5.02 Å². The molecular weight excluding hydrogens is 248 g/mol. The average Bonchev–Trinajstić information content (AvgIpc) is 2.31. The summed E-state index contributed by atoms with van der Waals surface area (Å²) in [6, 6.07) is 6.56. The van der Waals surface area contributed by atoms with Crippen molar-refractivity contribution >= 4 is 17.3 Å². The first-order valence-electron chi connectivity index (χ1n) is 6.51.